The lowest BCUT2D eigenvalue weighted by molar-refractivity contribution is 0.0788. The van der Waals surface area contributed by atoms with Gasteiger partial charge in [0.25, 0.3) is 5.91 Å². The lowest BCUT2D eigenvalue weighted by Gasteiger charge is -2.20. The highest BCUT2D eigenvalue weighted by Gasteiger charge is 2.22. The molecule has 0 saturated carbocycles. The first-order valence-corrected chi connectivity index (χ1v) is 11.9. The van der Waals surface area contributed by atoms with Gasteiger partial charge in [0.15, 0.2) is 17.1 Å². The van der Waals surface area contributed by atoms with Gasteiger partial charge in [-0.15, -0.1) is 11.3 Å². The summed E-state index contributed by atoms with van der Waals surface area (Å²) >= 11 is 1.67. The van der Waals surface area contributed by atoms with Gasteiger partial charge in [-0.05, 0) is 62.0 Å². The highest BCUT2D eigenvalue weighted by molar-refractivity contribution is 7.10. The molecule has 170 valence electrons. The van der Waals surface area contributed by atoms with Gasteiger partial charge in [-0.1, -0.05) is 0 Å². The molecule has 0 radical (unpaired) electrons. The molecular weight excluding hydrogens is 436 g/mol. The van der Waals surface area contributed by atoms with Gasteiger partial charge in [-0.25, -0.2) is 9.67 Å². The number of benzene rings is 1. The Morgan fingerprint density at radius 2 is 1.97 bits per heavy atom. The molecule has 8 heteroatoms. The molecule has 1 amide bonds. The van der Waals surface area contributed by atoms with E-state index in [-0.39, 0.29) is 11.9 Å². The predicted molar refractivity (Wildman–Crippen MR) is 129 cm³/mol. The van der Waals surface area contributed by atoms with E-state index in [1.54, 1.807) is 22.4 Å². The number of carbonyl (C=O) groups is 1. The van der Waals surface area contributed by atoms with Crippen molar-refractivity contribution in [3.8, 4) is 22.8 Å². The maximum Gasteiger partial charge on any atom is 0.254 e. The van der Waals surface area contributed by atoms with Crippen molar-refractivity contribution in [1.29, 1.82) is 0 Å². The molecule has 1 aromatic carbocycles. The van der Waals surface area contributed by atoms with Crippen molar-refractivity contribution in [1.82, 2.24) is 19.7 Å². The van der Waals surface area contributed by atoms with Crippen LogP contribution >= 0.6 is 11.3 Å². The molecule has 0 unspecified atom stereocenters. The van der Waals surface area contributed by atoms with Crippen LogP contribution in [0, 0.1) is 6.92 Å². The van der Waals surface area contributed by atoms with Crippen molar-refractivity contribution in [2.24, 2.45) is 0 Å². The lowest BCUT2D eigenvalue weighted by atomic mass is 10.0. The maximum absolute atomic E-state index is 13.6. The van der Waals surface area contributed by atoms with Crippen LogP contribution in [0.5, 0.6) is 11.5 Å². The summed E-state index contributed by atoms with van der Waals surface area (Å²) in [6.07, 6.45) is 1.74. The zero-order valence-electron chi connectivity index (χ0n) is 19.2. The molecule has 5 rings (SSSR count). The molecule has 1 aliphatic rings. The topological polar surface area (TPSA) is 69.5 Å². The fraction of sp³-hybridized carbons (Fsp3) is 0.320. The van der Waals surface area contributed by atoms with E-state index in [0.717, 1.165) is 16.7 Å². The Balaban J connectivity index is 1.60. The number of fused-ring (bicyclic) bond motifs is 2. The summed E-state index contributed by atoms with van der Waals surface area (Å²) in [5.41, 5.74) is 4.05. The number of amides is 1. The normalized spacial score (nSPS) is 13.0. The second-order valence-electron chi connectivity index (χ2n) is 8.52. The molecule has 0 N–H and O–H groups in total. The number of pyridine rings is 1. The quantitative estimate of drug-likeness (QED) is 0.413. The second kappa shape index (κ2) is 8.51. The summed E-state index contributed by atoms with van der Waals surface area (Å²) in [6, 6.07) is 9.81. The Hall–Kier alpha value is -3.39. The van der Waals surface area contributed by atoms with Crippen LogP contribution in [-0.2, 0) is 6.54 Å². The molecule has 4 heterocycles. The van der Waals surface area contributed by atoms with Crippen LogP contribution in [0.4, 0.5) is 0 Å². The van der Waals surface area contributed by atoms with E-state index in [9.17, 15) is 4.79 Å². The van der Waals surface area contributed by atoms with Gasteiger partial charge in [0.2, 0.25) is 0 Å². The summed E-state index contributed by atoms with van der Waals surface area (Å²) in [4.78, 5) is 21.5. The van der Waals surface area contributed by atoms with Crippen LogP contribution in [-0.4, -0.2) is 45.8 Å². The van der Waals surface area contributed by atoms with Gasteiger partial charge in [0, 0.05) is 23.5 Å². The van der Waals surface area contributed by atoms with Crippen molar-refractivity contribution in [3.63, 3.8) is 0 Å². The van der Waals surface area contributed by atoms with Crippen molar-refractivity contribution in [2.75, 3.05) is 20.3 Å². The van der Waals surface area contributed by atoms with Gasteiger partial charge < -0.3 is 14.4 Å². The minimum Gasteiger partial charge on any atom is -0.486 e. The van der Waals surface area contributed by atoms with Crippen LogP contribution in [0.25, 0.3) is 22.3 Å². The minimum atomic E-state index is -0.0581. The van der Waals surface area contributed by atoms with Crippen LogP contribution in [0.2, 0.25) is 0 Å². The molecule has 33 heavy (non-hydrogen) atoms. The van der Waals surface area contributed by atoms with E-state index in [4.69, 9.17) is 14.5 Å². The van der Waals surface area contributed by atoms with E-state index in [2.05, 4.69) is 37.3 Å². The molecule has 0 aliphatic carbocycles. The van der Waals surface area contributed by atoms with Crippen molar-refractivity contribution in [3.05, 3.63) is 57.9 Å². The van der Waals surface area contributed by atoms with E-state index in [0.29, 0.717) is 42.4 Å². The summed E-state index contributed by atoms with van der Waals surface area (Å²) < 4.78 is 13.3. The van der Waals surface area contributed by atoms with Crippen LogP contribution in [0.1, 0.15) is 40.7 Å². The molecule has 0 fully saturated rings. The molecular formula is C25H26N4O3S. The first kappa shape index (κ1) is 21.5. The SMILES string of the molecule is Cc1ccsc1CN(C)C(=O)c1cc(-c2ccc3c(c2)OCCO3)nc2c1cnn2C(C)C. The van der Waals surface area contributed by atoms with Gasteiger partial charge in [-0.3, -0.25) is 4.79 Å². The van der Waals surface area contributed by atoms with Gasteiger partial charge in [0.1, 0.15) is 13.2 Å². The zero-order chi connectivity index (χ0) is 23.1. The Morgan fingerprint density at radius 1 is 1.18 bits per heavy atom. The Kier molecular flexibility index (Phi) is 5.54. The molecule has 4 aromatic rings. The van der Waals surface area contributed by atoms with Crippen LogP contribution < -0.4 is 9.47 Å². The number of aromatic nitrogens is 3. The highest BCUT2D eigenvalue weighted by atomic mass is 32.1. The van der Waals surface area contributed by atoms with E-state index < -0.39 is 0 Å². The first-order chi connectivity index (χ1) is 15.9. The summed E-state index contributed by atoms with van der Waals surface area (Å²) in [7, 11) is 1.84. The molecule has 0 atom stereocenters. The van der Waals surface area contributed by atoms with Gasteiger partial charge in [0.05, 0.1) is 29.4 Å². The molecule has 7 nitrogen and oxygen atoms in total. The average Bonchev–Trinajstić information content (AvgIpc) is 3.43. The van der Waals surface area contributed by atoms with Crippen LogP contribution in [0.3, 0.4) is 0 Å². The second-order valence-corrected chi connectivity index (χ2v) is 9.52. The Labute approximate surface area is 196 Å². The number of ether oxygens (including phenoxy) is 2. The third kappa shape index (κ3) is 3.95. The number of aryl methyl sites for hydroxylation is 1. The Bertz CT molecular complexity index is 1340. The van der Waals surface area contributed by atoms with Crippen molar-refractivity contribution < 1.29 is 14.3 Å². The molecule has 0 saturated heterocycles. The smallest absolute Gasteiger partial charge is 0.254 e. The Morgan fingerprint density at radius 3 is 2.70 bits per heavy atom. The third-order valence-corrected chi connectivity index (χ3v) is 6.83. The molecule has 0 bridgehead atoms. The van der Waals surface area contributed by atoms with Crippen molar-refractivity contribution in [2.45, 2.75) is 33.4 Å². The summed E-state index contributed by atoms with van der Waals surface area (Å²) in [6.45, 7) is 7.79. The predicted octanol–water partition coefficient (Wildman–Crippen LogP) is 5.09. The third-order valence-electron chi connectivity index (χ3n) is 5.82. The van der Waals surface area contributed by atoms with E-state index in [1.165, 1.54) is 10.4 Å². The standard InChI is InChI=1S/C25H26N4O3S/c1-15(2)29-24-19(13-26-29)18(25(30)28(4)14-23-16(3)7-10-33-23)12-20(27-24)17-5-6-21-22(11-17)32-9-8-31-21/h5-7,10-13,15H,8-9,14H2,1-4H3. The molecule has 3 aromatic heterocycles. The average molecular weight is 463 g/mol. The van der Waals surface area contributed by atoms with E-state index in [1.807, 2.05) is 36.0 Å². The zero-order valence-corrected chi connectivity index (χ0v) is 20.0. The highest BCUT2D eigenvalue weighted by Crippen LogP contribution is 2.35. The number of hydrogen-bond acceptors (Lipinski definition) is 6. The maximum atomic E-state index is 13.6. The van der Waals surface area contributed by atoms with Gasteiger partial charge >= 0.3 is 0 Å². The van der Waals surface area contributed by atoms with E-state index >= 15 is 0 Å². The first-order valence-electron chi connectivity index (χ1n) is 11.0. The largest absolute Gasteiger partial charge is 0.486 e. The fourth-order valence-electron chi connectivity index (χ4n) is 3.98. The number of thiophene rings is 1. The lowest BCUT2D eigenvalue weighted by Crippen LogP contribution is -2.26. The number of hydrogen-bond donors (Lipinski definition) is 0. The minimum absolute atomic E-state index is 0.0581. The monoisotopic (exact) mass is 462 g/mol. The molecule has 1 aliphatic heterocycles. The van der Waals surface area contributed by atoms with Gasteiger partial charge in [-0.2, -0.15) is 5.10 Å². The number of nitrogens with zero attached hydrogens (tertiary/aromatic N) is 4. The summed E-state index contributed by atoms with van der Waals surface area (Å²) in [5, 5.41) is 7.34. The summed E-state index contributed by atoms with van der Waals surface area (Å²) in [5.74, 6) is 1.36. The fourth-order valence-corrected chi connectivity index (χ4v) is 4.94. The van der Waals surface area contributed by atoms with Crippen molar-refractivity contribution >= 4 is 28.3 Å². The number of carbonyl (C=O) groups excluding carboxylic acids is 1. The number of rotatable bonds is 5. The molecule has 0 spiro atoms. The van der Waals surface area contributed by atoms with Crippen LogP contribution in [0.15, 0.2) is 41.9 Å².